The van der Waals surface area contributed by atoms with Crippen molar-refractivity contribution in [1.29, 1.82) is 0 Å². The van der Waals surface area contributed by atoms with E-state index in [4.69, 9.17) is 0 Å². The quantitative estimate of drug-likeness (QED) is 0.128. The Morgan fingerprint density at radius 1 is 0.210 bits per heavy atom. The minimum Gasteiger partial charge on any atom is -0.201 e. The molecule has 16 aromatic rings. The first kappa shape index (κ1) is 83.5. The number of nitrogens with zero attached hydrogens (tertiary/aromatic N) is 4. The number of aromatic nitrogens is 4. The number of fused-ring (bicyclic) bond motifs is 12. The minimum atomic E-state index is 0.292. The van der Waals surface area contributed by atoms with Gasteiger partial charge in [-0.1, -0.05) is 250 Å². The molecule has 0 atom stereocenters. The molecule has 0 bridgehead atoms. The van der Waals surface area contributed by atoms with Crippen LogP contribution in [-0.2, 0) is 60.3 Å². The fraction of sp³-hybridized carbons (Fsp3) is 0.233. The van der Waals surface area contributed by atoms with Crippen LogP contribution in [0.25, 0.3) is 134 Å². The summed E-state index contributed by atoms with van der Waals surface area (Å²) in [5.41, 5.74) is 65.9. The predicted octanol–water partition coefficient (Wildman–Crippen LogP) is 27.9. The smallest absolute Gasteiger partial charge is 0.201 e. The fourth-order valence-corrected chi connectivity index (χ4v) is 20.9. The van der Waals surface area contributed by atoms with Crippen molar-refractivity contribution < 1.29 is 18.3 Å². The summed E-state index contributed by atoms with van der Waals surface area (Å²) in [5.74, 6) is 0. The molecule has 0 saturated heterocycles. The number of rotatable bonds is 9. The summed E-state index contributed by atoms with van der Waals surface area (Å²) in [5, 5.41) is 0. The lowest BCUT2D eigenvalue weighted by Crippen LogP contribution is -2.32. The molecule has 4 heteroatoms. The molecule has 4 aliphatic rings. The second-order valence-electron chi connectivity index (χ2n) is 37.7. The van der Waals surface area contributed by atoms with Crippen LogP contribution in [0.15, 0.2) is 267 Å². The third-order valence-electron chi connectivity index (χ3n) is 27.2. The van der Waals surface area contributed by atoms with Crippen molar-refractivity contribution >= 4 is 0 Å². The zero-order valence-corrected chi connectivity index (χ0v) is 77.2. The van der Waals surface area contributed by atoms with Gasteiger partial charge < -0.3 is 0 Å². The molecule has 0 radical (unpaired) electrons. The van der Waals surface area contributed by atoms with Crippen molar-refractivity contribution in [2.45, 2.75) is 157 Å². The van der Waals surface area contributed by atoms with Gasteiger partial charge in [-0.15, -0.1) is 0 Å². The largest absolute Gasteiger partial charge is 0.213 e. The molecule has 4 heterocycles. The van der Waals surface area contributed by atoms with Gasteiger partial charge in [-0.2, -0.15) is 0 Å². The lowest BCUT2D eigenvalue weighted by Gasteiger charge is -2.19. The summed E-state index contributed by atoms with van der Waals surface area (Å²) >= 11 is 0. The summed E-state index contributed by atoms with van der Waals surface area (Å²) in [6, 6.07) is 90.3. The van der Waals surface area contributed by atoms with Crippen LogP contribution in [0.3, 0.4) is 0 Å². The van der Waals surface area contributed by atoms with Crippen LogP contribution in [0.2, 0.25) is 0 Å². The lowest BCUT2D eigenvalue weighted by atomic mass is 9.86. The van der Waals surface area contributed by atoms with Crippen molar-refractivity contribution in [2.24, 2.45) is 33.6 Å². The van der Waals surface area contributed by atoms with E-state index in [9.17, 15) is 0 Å². The molecule has 20 rings (SSSR count). The second kappa shape index (κ2) is 33.5. The van der Waals surface area contributed by atoms with Gasteiger partial charge in [0.2, 0.25) is 22.8 Å². The van der Waals surface area contributed by atoms with E-state index < -0.39 is 0 Å². The van der Waals surface area contributed by atoms with E-state index in [2.05, 4.69) is 439 Å². The molecular weight excluding hydrogens is 1500 g/mol. The maximum atomic E-state index is 2.42. The molecule has 4 aliphatic carbocycles. The maximum absolute atomic E-state index is 2.42. The van der Waals surface area contributed by atoms with Gasteiger partial charge in [0.05, 0.1) is 22.3 Å². The van der Waals surface area contributed by atoms with Crippen molar-refractivity contribution in [2.75, 3.05) is 0 Å². The average molecular weight is 1620 g/mol. The number of hydrogen-bond acceptors (Lipinski definition) is 0. The zero-order chi connectivity index (χ0) is 87.2. The Labute approximate surface area is 738 Å². The minimum absolute atomic E-state index is 0.292. The standard InChI is InChI=1S/C33H36N.3C29H28N/c1-21-12-14-28-27-11-9-8-10-25(27)17-30(28)32(21)31-18-29(23(3)20-34(31)7)26-15-13-24(16-22(26)2)19-33(4,5)6;1-18-9-6-7-11-22(18)27-17-30(5)28(15-21(27)4)29-20(3)13-14-24-23-12-8-10-19(2)25(23)16-26(24)29;1-18-10-12-24-22(14-18)16-26-25(24)13-11-20(3)29(26)28-15-21(4)27(17-30(28)5)23-9-7-6-8-19(23)2;1-18-10-12-22-16-26-24(25(22)14-18)13-11-20(3)29(26)28-15-21(4)27(17-30(28)5)23-9-7-6-8-19(23)2/h8-16,18,20H,17,19H2,1-7H3;3*6-15,17H,16H2,1-5H3/q4*+1. The first-order chi connectivity index (χ1) is 59.4. The Morgan fingerprint density at radius 2 is 0.540 bits per heavy atom. The molecule has 0 saturated carbocycles. The Hall–Kier alpha value is -12.8. The van der Waals surface area contributed by atoms with E-state index in [0.29, 0.717) is 5.41 Å². The summed E-state index contributed by atoms with van der Waals surface area (Å²) < 4.78 is 9.25. The van der Waals surface area contributed by atoms with Crippen LogP contribution in [0.5, 0.6) is 0 Å². The van der Waals surface area contributed by atoms with Gasteiger partial charge >= 0.3 is 0 Å². The van der Waals surface area contributed by atoms with Crippen LogP contribution in [0, 0.1) is 109 Å². The Morgan fingerprint density at radius 3 is 1.01 bits per heavy atom. The first-order valence-electron chi connectivity index (χ1n) is 44.6. The zero-order valence-electron chi connectivity index (χ0n) is 77.2. The van der Waals surface area contributed by atoms with Crippen molar-refractivity contribution in [3.63, 3.8) is 0 Å². The number of benzene rings is 12. The first-order valence-corrected chi connectivity index (χ1v) is 44.6. The molecule has 0 aliphatic heterocycles. The normalized spacial score (nSPS) is 12.2. The maximum Gasteiger partial charge on any atom is 0.213 e. The van der Waals surface area contributed by atoms with Gasteiger partial charge in [-0.05, 0) is 331 Å². The average Bonchev–Trinajstić information content (AvgIpc) is 1.60. The Bertz CT molecular complexity index is 7010. The molecule has 0 spiro atoms. The molecule has 616 valence electrons. The number of hydrogen-bond donors (Lipinski definition) is 0. The van der Waals surface area contributed by atoms with Gasteiger partial charge in [0.25, 0.3) is 0 Å². The van der Waals surface area contributed by atoms with Crippen molar-refractivity contribution in [3.05, 3.63) is 401 Å². The van der Waals surface area contributed by atoms with Gasteiger partial charge in [0, 0.05) is 46.5 Å². The Kier molecular flexibility index (Phi) is 22.5. The highest BCUT2D eigenvalue weighted by atomic mass is 14.9. The van der Waals surface area contributed by atoms with E-state index in [1.807, 2.05) is 0 Å². The molecule has 0 amide bonds. The van der Waals surface area contributed by atoms with E-state index in [-0.39, 0.29) is 0 Å². The van der Waals surface area contributed by atoms with E-state index in [1.54, 1.807) is 0 Å². The molecule has 12 aromatic carbocycles. The van der Waals surface area contributed by atoms with Crippen LogP contribution < -0.4 is 18.3 Å². The molecule has 4 nitrogen and oxygen atoms in total. The predicted molar refractivity (Wildman–Crippen MR) is 521 cm³/mol. The van der Waals surface area contributed by atoms with E-state index in [1.165, 1.54) is 268 Å². The third kappa shape index (κ3) is 15.7. The molecule has 0 N–H and O–H groups in total. The lowest BCUT2D eigenvalue weighted by molar-refractivity contribution is -0.660. The molecule has 0 unspecified atom stereocenters. The Balaban J connectivity index is 0.000000117. The molecule has 4 aromatic heterocycles. The highest BCUT2D eigenvalue weighted by molar-refractivity contribution is 5.91. The SMILES string of the molecule is Cc1cc(CC(C)(C)C)ccc1-c1cc(-c2c(C)ccc3c2Cc2ccccc2-3)[n+](C)cc1C.Cc1ccc2c(c1)-c1ccc(C)c(-c3cc(C)c(-c4ccccc4C)c[n+]3C)c1C2.Cc1ccc2c(c1)Cc1c-2ccc(C)c1-c1cc(C)c(-c2ccccc2C)c[n+]1C.Cc1ccccc1-c1c[n+](C)c(-c2c(C)ccc3c2Cc2c(C)cccc2-3)cc1C. The second-order valence-corrected chi connectivity index (χ2v) is 37.7. The highest BCUT2D eigenvalue weighted by Gasteiger charge is 2.34. The summed E-state index contributed by atoms with van der Waals surface area (Å²) in [6.07, 6.45) is 14.4. The monoisotopic (exact) mass is 1620 g/mol. The summed E-state index contributed by atoms with van der Waals surface area (Å²) in [7, 11) is 8.73. The third-order valence-corrected chi connectivity index (χ3v) is 27.2. The summed E-state index contributed by atoms with van der Waals surface area (Å²) in [4.78, 5) is 0. The fourth-order valence-electron chi connectivity index (χ4n) is 20.9. The van der Waals surface area contributed by atoms with E-state index >= 15 is 0 Å². The summed E-state index contributed by atoms with van der Waals surface area (Å²) in [6.45, 7) is 40.3. The van der Waals surface area contributed by atoms with Crippen LogP contribution in [0.1, 0.15) is 154 Å². The van der Waals surface area contributed by atoms with Crippen LogP contribution in [-0.4, -0.2) is 0 Å². The van der Waals surface area contributed by atoms with Crippen molar-refractivity contribution in [3.8, 4) is 134 Å². The van der Waals surface area contributed by atoms with Crippen molar-refractivity contribution in [1.82, 2.24) is 0 Å². The number of pyridine rings is 4. The van der Waals surface area contributed by atoms with Gasteiger partial charge in [0.1, 0.15) is 28.2 Å². The molecule has 124 heavy (non-hydrogen) atoms. The highest BCUT2D eigenvalue weighted by Crippen LogP contribution is 2.49. The van der Waals surface area contributed by atoms with Gasteiger partial charge in [-0.3, -0.25) is 0 Å². The molecular formula is C120H120N4+4. The molecule has 0 fully saturated rings. The topological polar surface area (TPSA) is 15.5 Å². The van der Waals surface area contributed by atoms with Crippen LogP contribution >= 0.6 is 0 Å². The van der Waals surface area contributed by atoms with Gasteiger partial charge in [0.15, 0.2) is 24.8 Å². The van der Waals surface area contributed by atoms with E-state index in [0.717, 1.165) is 32.1 Å². The van der Waals surface area contributed by atoms with Gasteiger partial charge in [-0.25, -0.2) is 18.3 Å². The number of aryl methyl sites for hydroxylation is 19. The van der Waals surface area contributed by atoms with Crippen LogP contribution in [0.4, 0.5) is 0 Å².